The van der Waals surface area contributed by atoms with Crippen LogP contribution in [0.3, 0.4) is 0 Å². The summed E-state index contributed by atoms with van der Waals surface area (Å²) in [5.41, 5.74) is 2.93. The van der Waals surface area contributed by atoms with Gasteiger partial charge in [-0.25, -0.2) is 0 Å². The van der Waals surface area contributed by atoms with E-state index in [-0.39, 0.29) is 24.5 Å². The molecule has 1 aliphatic heterocycles. The first-order chi connectivity index (χ1) is 13.5. The van der Waals surface area contributed by atoms with Crippen LogP contribution < -0.4 is 5.32 Å². The maximum absolute atomic E-state index is 12.7. The number of hydrogen-bond acceptors (Lipinski definition) is 4. The van der Waals surface area contributed by atoms with Crippen LogP contribution in [-0.4, -0.2) is 42.5 Å². The summed E-state index contributed by atoms with van der Waals surface area (Å²) in [6, 6.07) is 9.69. The average Bonchev–Trinajstić information content (AvgIpc) is 3.37. The first-order valence-electron chi connectivity index (χ1n) is 9.51. The fourth-order valence-electron chi connectivity index (χ4n) is 3.16. The van der Waals surface area contributed by atoms with Gasteiger partial charge in [0.05, 0.1) is 6.10 Å². The second kappa shape index (κ2) is 9.66. The van der Waals surface area contributed by atoms with E-state index in [1.807, 2.05) is 49.6 Å². The van der Waals surface area contributed by atoms with E-state index in [0.29, 0.717) is 13.2 Å². The molecule has 6 heteroatoms. The molecule has 0 radical (unpaired) electrons. The molecule has 1 aliphatic rings. The number of nitrogens with zero attached hydrogens (tertiary/aromatic N) is 1. The van der Waals surface area contributed by atoms with E-state index in [9.17, 15) is 9.59 Å². The molecule has 28 heavy (non-hydrogen) atoms. The number of carbonyl (C=O) groups is 2. The van der Waals surface area contributed by atoms with Crippen LogP contribution in [-0.2, 0) is 14.3 Å². The third kappa shape index (κ3) is 5.53. The quantitative estimate of drug-likeness (QED) is 0.717. The molecule has 1 aromatic carbocycles. The van der Waals surface area contributed by atoms with Crippen molar-refractivity contribution in [3.05, 3.63) is 57.8 Å². The molecular formula is C22H26N2O3S. The molecule has 1 saturated heterocycles. The van der Waals surface area contributed by atoms with Crippen molar-refractivity contribution in [1.82, 2.24) is 4.90 Å². The van der Waals surface area contributed by atoms with Crippen molar-refractivity contribution in [3.63, 3.8) is 0 Å². The summed E-state index contributed by atoms with van der Waals surface area (Å²) in [6.45, 7) is 5.12. The average molecular weight is 399 g/mol. The van der Waals surface area contributed by atoms with Crippen molar-refractivity contribution in [2.75, 3.05) is 25.0 Å². The van der Waals surface area contributed by atoms with Crippen LogP contribution in [0.15, 0.2) is 41.8 Å². The maximum Gasteiger partial charge on any atom is 0.247 e. The smallest absolute Gasteiger partial charge is 0.247 e. The third-order valence-electron chi connectivity index (χ3n) is 4.91. The van der Waals surface area contributed by atoms with E-state index in [0.717, 1.165) is 34.5 Å². The van der Waals surface area contributed by atoms with Crippen molar-refractivity contribution in [3.8, 4) is 0 Å². The fourth-order valence-corrected chi connectivity index (χ4v) is 3.78. The highest BCUT2D eigenvalue weighted by atomic mass is 32.1. The number of aryl methyl sites for hydroxylation is 1. The van der Waals surface area contributed by atoms with Gasteiger partial charge in [0, 0.05) is 29.8 Å². The molecule has 1 atom stereocenters. The van der Waals surface area contributed by atoms with Crippen LogP contribution in [0, 0.1) is 13.8 Å². The minimum Gasteiger partial charge on any atom is -0.376 e. The molecule has 0 unspecified atom stereocenters. The molecule has 2 amide bonds. The zero-order valence-electron chi connectivity index (χ0n) is 16.3. The molecule has 148 valence electrons. The number of hydrogen-bond donors (Lipinski definition) is 1. The van der Waals surface area contributed by atoms with Gasteiger partial charge in [-0.1, -0.05) is 18.2 Å². The van der Waals surface area contributed by atoms with Gasteiger partial charge in [-0.15, -0.1) is 11.3 Å². The predicted molar refractivity (Wildman–Crippen MR) is 113 cm³/mol. The molecule has 0 saturated carbocycles. The Hall–Kier alpha value is -2.44. The van der Waals surface area contributed by atoms with Crippen LogP contribution in [0.1, 0.15) is 28.8 Å². The lowest BCUT2D eigenvalue weighted by atomic mass is 10.1. The van der Waals surface area contributed by atoms with Crippen LogP contribution in [0.25, 0.3) is 6.08 Å². The van der Waals surface area contributed by atoms with Gasteiger partial charge in [-0.05, 0) is 61.4 Å². The summed E-state index contributed by atoms with van der Waals surface area (Å²) in [5, 5.41) is 4.90. The van der Waals surface area contributed by atoms with Gasteiger partial charge in [0.1, 0.15) is 6.54 Å². The zero-order valence-corrected chi connectivity index (χ0v) is 17.1. The highest BCUT2D eigenvalue weighted by Gasteiger charge is 2.23. The van der Waals surface area contributed by atoms with Crippen molar-refractivity contribution in [2.24, 2.45) is 0 Å². The minimum absolute atomic E-state index is 0.000849. The van der Waals surface area contributed by atoms with Crippen LogP contribution in [0.2, 0.25) is 0 Å². The van der Waals surface area contributed by atoms with Crippen LogP contribution in [0.4, 0.5) is 5.69 Å². The normalized spacial score (nSPS) is 16.4. The molecule has 1 aromatic heterocycles. The monoisotopic (exact) mass is 398 g/mol. The molecular weight excluding hydrogens is 372 g/mol. The van der Waals surface area contributed by atoms with E-state index >= 15 is 0 Å². The molecule has 3 rings (SSSR count). The summed E-state index contributed by atoms with van der Waals surface area (Å²) in [6.07, 6.45) is 5.22. The number of benzene rings is 1. The molecule has 0 bridgehead atoms. The lowest BCUT2D eigenvalue weighted by molar-refractivity contribution is -0.131. The van der Waals surface area contributed by atoms with Crippen molar-refractivity contribution in [2.45, 2.75) is 32.8 Å². The number of rotatable bonds is 7. The van der Waals surface area contributed by atoms with Crippen LogP contribution >= 0.6 is 11.3 Å². The molecule has 1 N–H and O–H groups in total. The number of carbonyl (C=O) groups excluding carboxylic acids is 2. The van der Waals surface area contributed by atoms with Gasteiger partial charge in [0.15, 0.2) is 0 Å². The van der Waals surface area contributed by atoms with E-state index < -0.39 is 0 Å². The summed E-state index contributed by atoms with van der Waals surface area (Å²) in [5.74, 6) is -0.385. The van der Waals surface area contributed by atoms with E-state index in [4.69, 9.17) is 4.74 Å². The molecule has 2 heterocycles. The topological polar surface area (TPSA) is 58.6 Å². The minimum atomic E-state index is -0.204. The summed E-state index contributed by atoms with van der Waals surface area (Å²) >= 11 is 1.57. The van der Waals surface area contributed by atoms with E-state index in [2.05, 4.69) is 5.32 Å². The Morgan fingerprint density at radius 3 is 2.86 bits per heavy atom. The van der Waals surface area contributed by atoms with Gasteiger partial charge in [0.25, 0.3) is 0 Å². The second-order valence-electron chi connectivity index (χ2n) is 7.00. The molecule has 0 spiro atoms. The Morgan fingerprint density at radius 1 is 1.29 bits per heavy atom. The number of thiophene rings is 1. The molecule has 5 nitrogen and oxygen atoms in total. The third-order valence-corrected chi connectivity index (χ3v) is 5.74. The van der Waals surface area contributed by atoms with Crippen molar-refractivity contribution >= 4 is 34.9 Å². The SMILES string of the molecule is Cc1cccc(NC(=O)CN(C[C@@H]2CCCO2)C(=O)/C=C/c2cccs2)c1C. The van der Waals surface area contributed by atoms with Gasteiger partial charge < -0.3 is 15.0 Å². The molecule has 1 fully saturated rings. The van der Waals surface area contributed by atoms with Crippen molar-refractivity contribution in [1.29, 1.82) is 0 Å². The lowest BCUT2D eigenvalue weighted by Crippen LogP contribution is -2.41. The highest BCUT2D eigenvalue weighted by molar-refractivity contribution is 7.10. The predicted octanol–water partition coefficient (Wildman–Crippen LogP) is 4.02. The number of amides is 2. The van der Waals surface area contributed by atoms with Gasteiger partial charge in [0.2, 0.25) is 11.8 Å². The first kappa shape index (κ1) is 20.3. The molecule has 0 aliphatic carbocycles. The Balaban J connectivity index is 1.67. The van der Waals surface area contributed by atoms with E-state index in [1.54, 1.807) is 22.3 Å². The van der Waals surface area contributed by atoms with Gasteiger partial charge >= 0.3 is 0 Å². The fraction of sp³-hybridized carbons (Fsp3) is 0.364. The van der Waals surface area contributed by atoms with Crippen molar-refractivity contribution < 1.29 is 14.3 Å². The Morgan fingerprint density at radius 2 is 2.14 bits per heavy atom. The van der Waals surface area contributed by atoms with Crippen LogP contribution in [0.5, 0.6) is 0 Å². The van der Waals surface area contributed by atoms with Gasteiger partial charge in [-0.3, -0.25) is 9.59 Å². The Kier molecular flexibility index (Phi) is 7.01. The lowest BCUT2D eigenvalue weighted by Gasteiger charge is -2.24. The zero-order chi connectivity index (χ0) is 19.9. The first-order valence-corrected chi connectivity index (χ1v) is 10.4. The second-order valence-corrected chi connectivity index (χ2v) is 7.98. The van der Waals surface area contributed by atoms with Gasteiger partial charge in [-0.2, -0.15) is 0 Å². The van der Waals surface area contributed by atoms with E-state index in [1.165, 1.54) is 6.08 Å². The summed E-state index contributed by atoms with van der Waals surface area (Å²) in [4.78, 5) is 27.9. The summed E-state index contributed by atoms with van der Waals surface area (Å²) in [7, 11) is 0. The number of anilines is 1. The Bertz CT molecular complexity index is 839. The molecule has 2 aromatic rings. The number of nitrogens with one attached hydrogen (secondary N) is 1. The standard InChI is InChI=1S/C22H26N2O3S/c1-16-6-3-9-20(17(16)2)23-21(25)15-24(14-18-7-4-12-27-18)22(26)11-10-19-8-5-13-28-19/h3,5-6,8-11,13,18H,4,7,12,14-15H2,1-2H3,(H,23,25)/b11-10+/t18-/m0/s1. The highest BCUT2D eigenvalue weighted by Crippen LogP contribution is 2.19. The summed E-state index contributed by atoms with van der Waals surface area (Å²) < 4.78 is 5.67. The largest absolute Gasteiger partial charge is 0.376 e. The number of ether oxygens (including phenoxy) is 1. The Labute approximate surface area is 170 Å². The maximum atomic E-state index is 12.7.